The molecule has 1 aliphatic heterocycles. The van der Waals surface area contributed by atoms with Gasteiger partial charge in [-0.15, -0.1) is 0 Å². The number of nitro benzene ring substituents is 1. The van der Waals surface area contributed by atoms with Gasteiger partial charge in [0.1, 0.15) is 0 Å². The molecule has 0 saturated carbocycles. The lowest BCUT2D eigenvalue weighted by molar-refractivity contribution is -0.384. The van der Waals surface area contributed by atoms with E-state index in [-0.39, 0.29) is 17.2 Å². The molecule has 1 fully saturated rings. The monoisotopic (exact) mass is 375 g/mol. The first-order chi connectivity index (χ1) is 12.0. The molecule has 1 aliphatic rings. The van der Waals surface area contributed by atoms with E-state index < -0.39 is 4.92 Å². The maximum Gasteiger partial charge on any atom is 0.270 e. The van der Waals surface area contributed by atoms with Gasteiger partial charge in [-0.25, -0.2) is 4.99 Å². The van der Waals surface area contributed by atoms with Crippen LogP contribution in [0.15, 0.2) is 47.5 Å². The van der Waals surface area contributed by atoms with Gasteiger partial charge >= 0.3 is 0 Å². The molecule has 0 radical (unpaired) electrons. The van der Waals surface area contributed by atoms with Gasteiger partial charge in [0.25, 0.3) is 11.6 Å². The fraction of sp³-hybridized carbons (Fsp3) is 0.176. The highest BCUT2D eigenvalue weighted by Crippen LogP contribution is 2.30. The number of rotatable bonds is 3. The number of nitro groups is 1. The van der Waals surface area contributed by atoms with E-state index in [0.29, 0.717) is 22.4 Å². The highest BCUT2D eigenvalue weighted by atomic mass is 35.5. The van der Waals surface area contributed by atoms with Crippen LogP contribution in [0.25, 0.3) is 0 Å². The van der Waals surface area contributed by atoms with Gasteiger partial charge in [0.15, 0.2) is 5.17 Å². The number of carbonyl (C=O) groups is 1. The Labute approximate surface area is 153 Å². The van der Waals surface area contributed by atoms with Crippen molar-refractivity contribution in [2.24, 2.45) is 4.99 Å². The average Bonchev–Trinajstić information content (AvgIpc) is 3.06. The highest BCUT2D eigenvalue weighted by Gasteiger charge is 2.27. The third-order valence-electron chi connectivity index (χ3n) is 3.78. The number of nitrogens with zero attached hydrogens (tertiary/aromatic N) is 3. The van der Waals surface area contributed by atoms with Crippen molar-refractivity contribution in [3.05, 3.63) is 68.7 Å². The van der Waals surface area contributed by atoms with Crippen LogP contribution in [-0.4, -0.2) is 33.2 Å². The molecule has 3 rings (SSSR count). The van der Waals surface area contributed by atoms with Crippen molar-refractivity contribution >= 4 is 45.8 Å². The van der Waals surface area contributed by atoms with Gasteiger partial charge in [-0.1, -0.05) is 35.5 Å². The Morgan fingerprint density at radius 3 is 2.84 bits per heavy atom. The van der Waals surface area contributed by atoms with Crippen LogP contribution in [0.1, 0.15) is 15.9 Å². The number of thioether (sulfide) groups is 1. The second kappa shape index (κ2) is 7.25. The van der Waals surface area contributed by atoms with E-state index in [4.69, 9.17) is 11.6 Å². The molecule has 2 aromatic rings. The normalized spacial score (nSPS) is 15.6. The predicted molar refractivity (Wildman–Crippen MR) is 99.9 cm³/mol. The molecule has 0 N–H and O–H groups in total. The number of hydrogen-bond donors (Lipinski definition) is 0. The molecule has 0 aliphatic carbocycles. The van der Waals surface area contributed by atoms with E-state index in [9.17, 15) is 14.9 Å². The number of hydrogen-bond acceptors (Lipinski definition) is 5. The van der Waals surface area contributed by atoms with Gasteiger partial charge in [-0.05, 0) is 30.7 Å². The minimum Gasteiger partial charge on any atom is -0.286 e. The van der Waals surface area contributed by atoms with Crippen molar-refractivity contribution in [3.8, 4) is 0 Å². The smallest absolute Gasteiger partial charge is 0.270 e. The molecule has 1 heterocycles. The first-order valence-corrected chi connectivity index (χ1v) is 8.86. The number of amidine groups is 1. The van der Waals surface area contributed by atoms with Gasteiger partial charge in [-0.3, -0.25) is 19.8 Å². The third-order valence-corrected chi connectivity index (χ3v) is 5.15. The van der Waals surface area contributed by atoms with Gasteiger partial charge in [0.2, 0.25) is 0 Å². The Balaban J connectivity index is 1.92. The van der Waals surface area contributed by atoms with Gasteiger partial charge in [0, 0.05) is 35.0 Å². The van der Waals surface area contributed by atoms with E-state index in [1.807, 2.05) is 13.0 Å². The zero-order valence-electron chi connectivity index (χ0n) is 13.3. The summed E-state index contributed by atoms with van der Waals surface area (Å²) in [4.78, 5) is 29.3. The third kappa shape index (κ3) is 3.67. The highest BCUT2D eigenvalue weighted by molar-refractivity contribution is 8.14. The summed E-state index contributed by atoms with van der Waals surface area (Å²) in [6.07, 6.45) is 0. The van der Waals surface area contributed by atoms with E-state index in [2.05, 4.69) is 4.99 Å². The Hall–Kier alpha value is -2.38. The van der Waals surface area contributed by atoms with Crippen LogP contribution in [0, 0.1) is 17.0 Å². The van der Waals surface area contributed by atoms with E-state index in [1.165, 1.54) is 30.0 Å². The van der Waals surface area contributed by atoms with Crippen LogP contribution < -0.4 is 0 Å². The van der Waals surface area contributed by atoms with Crippen LogP contribution in [0.2, 0.25) is 5.02 Å². The van der Waals surface area contributed by atoms with Crippen molar-refractivity contribution in [2.45, 2.75) is 6.92 Å². The Morgan fingerprint density at radius 1 is 1.32 bits per heavy atom. The van der Waals surface area contributed by atoms with Gasteiger partial charge in [-0.2, -0.15) is 0 Å². The Bertz CT molecular complexity index is 885. The molecule has 25 heavy (non-hydrogen) atoms. The number of non-ortho nitro benzene ring substituents is 1. The molecule has 0 unspecified atom stereocenters. The molecule has 0 aromatic heterocycles. The van der Waals surface area contributed by atoms with Crippen LogP contribution in [0.4, 0.5) is 11.4 Å². The summed E-state index contributed by atoms with van der Waals surface area (Å²) in [5.41, 5.74) is 1.70. The SMILES string of the molecule is Cc1c(Cl)cccc1N=C1SCCN1C(=O)c1cccc([N+](=O)[O-])c1. The molecular formula is C17H14ClN3O3S. The first-order valence-electron chi connectivity index (χ1n) is 7.50. The molecule has 0 spiro atoms. The first kappa shape index (κ1) is 17.4. The van der Waals surface area contributed by atoms with Gasteiger partial charge in [0.05, 0.1) is 10.6 Å². The summed E-state index contributed by atoms with van der Waals surface area (Å²) >= 11 is 7.59. The number of halogens is 1. The maximum atomic E-state index is 12.8. The molecule has 1 saturated heterocycles. The fourth-order valence-corrected chi connectivity index (χ4v) is 3.53. The minimum absolute atomic E-state index is 0.109. The van der Waals surface area contributed by atoms with Crippen LogP contribution in [0.5, 0.6) is 0 Å². The van der Waals surface area contributed by atoms with E-state index in [1.54, 1.807) is 23.1 Å². The molecule has 128 valence electrons. The van der Waals surface area contributed by atoms with Crippen molar-refractivity contribution in [1.82, 2.24) is 4.90 Å². The zero-order chi connectivity index (χ0) is 18.0. The lowest BCUT2D eigenvalue weighted by Gasteiger charge is -2.16. The summed E-state index contributed by atoms with van der Waals surface area (Å²) in [6, 6.07) is 11.2. The van der Waals surface area contributed by atoms with Crippen molar-refractivity contribution in [2.75, 3.05) is 12.3 Å². The second-order valence-electron chi connectivity index (χ2n) is 5.39. The number of carbonyl (C=O) groups excluding carboxylic acids is 1. The largest absolute Gasteiger partial charge is 0.286 e. The number of benzene rings is 2. The zero-order valence-corrected chi connectivity index (χ0v) is 14.9. The molecule has 6 nitrogen and oxygen atoms in total. The molecular weight excluding hydrogens is 362 g/mol. The summed E-state index contributed by atoms with van der Waals surface area (Å²) in [5.74, 6) is 0.422. The minimum atomic E-state index is -0.514. The number of aliphatic imine (C=N–C) groups is 1. The van der Waals surface area contributed by atoms with E-state index >= 15 is 0 Å². The molecule has 0 atom stereocenters. The molecule has 8 heteroatoms. The fourth-order valence-electron chi connectivity index (χ4n) is 2.41. The van der Waals surface area contributed by atoms with Crippen molar-refractivity contribution in [1.29, 1.82) is 0 Å². The van der Waals surface area contributed by atoms with Crippen molar-refractivity contribution < 1.29 is 9.72 Å². The average molecular weight is 376 g/mol. The van der Waals surface area contributed by atoms with Gasteiger partial charge < -0.3 is 0 Å². The van der Waals surface area contributed by atoms with Crippen LogP contribution in [0.3, 0.4) is 0 Å². The summed E-state index contributed by atoms with van der Waals surface area (Å²) in [7, 11) is 0. The summed E-state index contributed by atoms with van der Waals surface area (Å²) in [5, 5.41) is 12.1. The molecule has 0 bridgehead atoms. The van der Waals surface area contributed by atoms with Crippen molar-refractivity contribution in [3.63, 3.8) is 0 Å². The number of amides is 1. The Morgan fingerprint density at radius 2 is 2.08 bits per heavy atom. The lowest BCUT2D eigenvalue weighted by atomic mass is 10.2. The topological polar surface area (TPSA) is 75.8 Å². The predicted octanol–water partition coefficient (Wildman–Crippen LogP) is 4.43. The maximum absolute atomic E-state index is 12.8. The molecule has 2 aromatic carbocycles. The Kier molecular flexibility index (Phi) is 5.06. The van der Waals surface area contributed by atoms with Crippen LogP contribution >= 0.6 is 23.4 Å². The molecule has 1 amide bonds. The lowest BCUT2D eigenvalue weighted by Crippen LogP contribution is -2.31. The summed E-state index contributed by atoms with van der Waals surface area (Å²) < 4.78 is 0. The second-order valence-corrected chi connectivity index (χ2v) is 6.86. The standard InChI is InChI=1S/C17H14ClN3O3S/c1-11-14(18)6-3-7-15(11)19-17-20(8-9-25-17)16(22)12-4-2-5-13(10-12)21(23)24/h2-7,10H,8-9H2,1H3. The van der Waals surface area contributed by atoms with E-state index in [0.717, 1.165) is 11.3 Å². The van der Waals surface area contributed by atoms with Crippen LogP contribution in [-0.2, 0) is 0 Å². The quantitative estimate of drug-likeness (QED) is 0.587. The summed E-state index contributed by atoms with van der Waals surface area (Å²) in [6.45, 7) is 2.37.